The van der Waals surface area contributed by atoms with Crippen molar-refractivity contribution in [3.8, 4) is 0 Å². The minimum Gasteiger partial charge on any atom is -0.458 e. The van der Waals surface area contributed by atoms with Gasteiger partial charge in [0, 0.05) is 17.7 Å². The summed E-state index contributed by atoms with van der Waals surface area (Å²) in [5.74, 6) is -1.55. The van der Waals surface area contributed by atoms with Crippen molar-refractivity contribution in [2.24, 2.45) is 17.3 Å². The Labute approximate surface area is 223 Å². The van der Waals surface area contributed by atoms with Gasteiger partial charge in [-0.2, -0.15) is 0 Å². The van der Waals surface area contributed by atoms with Crippen molar-refractivity contribution >= 4 is 40.9 Å². The Bertz CT molecular complexity index is 975. The van der Waals surface area contributed by atoms with Gasteiger partial charge < -0.3 is 19.7 Å². The molecule has 2 saturated heterocycles. The van der Waals surface area contributed by atoms with E-state index in [1.54, 1.807) is 43.9 Å². The van der Waals surface area contributed by atoms with Gasteiger partial charge in [-0.25, -0.2) is 4.98 Å². The molecule has 3 heterocycles. The fourth-order valence-electron chi connectivity index (χ4n) is 5.05. The van der Waals surface area contributed by atoms with Gasteiger partial charge in [-0.3, -0.25) is 9.59 Å². The number of ketones is 1. The molecule has 0 aromatic carbocycles. The lowest BCUT2D eigenvalue weighted by Gasteiger charge is -2.34. The van der Waals surface area contributed by atoms with E-state index in [9.17, 15) is 19.8 Å². The number of cyclic esters (lactones) is 1. The molecule has 202 valence electrons. The third-order valence-corrected chi connectivity index (χ3v) is 9.85. The summed E-state index contributed by atoms with van der Waals surface area (Å²) in [6, 6.07) is 0. The molecule has 2 aliphatic heterocycles. The predicted octanol–water partition coefficient (Wildman–Crippen LogP) is 4.89. The van der Waals surface area contributed by atoms with Gasteiger partial charge in [-0.05, 0) is 50.5 Å². The number of nitrogens with zero attached hydrogens (tertiary/aromatic N) is 1. The molecule has 1 aromatic rings. The highest BCUT2D eigenvalue weighted by Crippen LogP contribution is 2.45. The minimum atomic E-state index is -1.23. The number of thiazole rings is 1. The highest BCUT2D eigenvalue weighted by molar-refractivity contribution is 8.00. The molecule has 2 aliphatic rings. The number of aromatic nitrogens is 1. The highest BCUT2D eigenvalue weighted by atomic mass is 32.2. The molecule has 7 atom stereocenters. The zero-order valence-corrected chi connectivity index (χ0v) is 24.1. The lowest BCUT2D eigenvalue weighted by Crippen LogP contribution is -2.45. The first-order chi connectivity index (χ1) is 16.8. The average Bonchev–Trinajstić information content (AvgIpc) is 3.23. The molecule has 7 nitrogen and oxygen atoms in total. The molecule has 1 aromatic heterocycles. The first-order valence-corrected chi connectivity index (χ1v) is 14.8. The van der Waals surface area contributed by atoms with Gasteiger partial charge in [0.1, 0.15) is 16.2 Å². The minimum absolute atomic E-state index is 0.0501. The molecule has 0 amide bonds. The number of carbonyl (C=O) groups is 2. The van der Waals surface area contributed by atoms with Gasteiger partial charge in [0.25, 0.3) is 0 Å². The maximum Gasteiger partial charge on any atom is 0.309 e. The smallest absolute Gasteiger partial charge is 0.309 e. The van der Waals surface area contributed by atoms with Gasteiger partial charge >= 0.3 is 5.97 Å². The summed E-state index contributed by atoms with van der Waals surface area (Å²) < 4.78 is 12.9. The van der Waals surface area contributed by atoms with Crippen LogP contribution in [-0.2, 0) is 19.1 Å². The van der Waals surface area contributed by atoms with Crippen LogP contribution in [0.5, 0.6) is 0 Å². The highest BCUT2D eigenvalue weighted by Gasteiger charge is 2.53. The Morgan fingerprint density at radius 3 is 2.58 bits per heavy atom. The van der Waals surface area contributed by atoms with Crippen LogP contribution in [0.25, 0.3) is 6.08 Å². The number of thioether (sulfide) groups is 1. The summed E-state index contributed by atoms with van der Waals surface area (Å²) in [5, 5.41) is 23.7. The van der Waals surface area contributed by atoms with Crippen molar-refractivity contribution < 1.29 is 29.3 Å². The van der Waals surface area contributed by atoms with Crippen LogP contribution >= 0.6 is 23.1 Å². The topological polar surface area (TPSA) is 109 Å². The first kappa shape index (κ1) is 29.3. The van der Waals surface area contributed by atoms with E-state index in [2.05, 4.69) is 11.9 Å². The van der Waals surface area contributed by atoms with Crippen molar-refractivity contribution in [1.82, 2.24) is 4.98 Å². The fraction of sp³-hybridized carbons (Fsp3) is 0.741. The number of fused-ring (bicyclic) bond motifs is 1. The van der Waals surface area contributed by atoms with E-state index in [0.29, 0.717) is 6.42 Å². The van der Waals surface area contributed by atoms with E-state index in [1.807, 2.05) is 31.6 Å². The first-order valence-electron chi connectivity index (χ1n) is 12.7. The Balaban J connectivity index is 1.85. The van der Waals surface area contributed by atoms with Crippen LogP contribution in [-0.4, -0.2) is 63.2 Å². The zero-order chi connectivity index (χ0) is 26.8. The lowest BCUT2D eigenvalue weighted by atomic mass is 9.73. The normalized spacial score (nSPS) is 36.8. The summed E-state index contributed by atoms with van der Waals surface area (Å²) in [4.78, 5) is 30.8. The molecule has 36 heavy (non-hydrogen) atoms. The van der Waals surface area contributed by atoms with Crippen LogP contribution in [0.4, 0.5) is 0 Å². The maximum absolute atomic E-state index is 13.2. The van der Waals surface area contributed by atoms with Crippen molar-refractivity contribution in [2.75, 3.05) is 6.26 Å². The van der Waals surface area contributed by atoms with Gasteiger partial charge in [-0.1, -0.05) is 45.9 Å². The number of aliphatic hydroxyl groups excluding tert-OH is 2. The number of rotatable bonds is 3. The van der Waals surface area contributed by atoms with Crippen molar-refractivity contribution in [2.45, 2.75) is 108 Å². The monoisotopic (exact) mass is 539 g/mol. The molecule has 0 radical (unpaired) electrons. The van der Waals surface area contributed by atoms with Crippen LogP contribution < -0.4 is 0 Å². The number of carbonyl (C=O) groups excluding carboxylic acids is 2. The van der Waals surface area contributed by atoms with E-state index < -0.39 is 35.6 Å². The Morgan fingerprint density at radius 2 is 1.94 bits per heavy atom. The molecule has 3 unspecified atom stereocenters. The van der Waals surface area contributed by atoms with Crippen molar-refractivity contribution in [3.63, 3.8) is 0 Å². The molecule has 0 bridgehead atoms. The quantitative estimate of drug-likeness (QED) is 0.317. The summed E-state index contributed by atoms with van der Waals surface area (Å²) in [7, 11) is 0. The van der Waals surface area contributed by atoms with Crippen molar-refractivity contribution in [1.29, 1.82) is 0 Å². The van der Waals surface area contributed by atoms with E-state index in [4.69, 9.17) is 9.47 Å². The molecule has 0 spiro atoms. The second-order valence-corrected chi connectivity index (χ2v) is 13.1. The Hall–Kier alpha value is -1.26. The summed E-state index contributed by atoms with van der Waals surface area (Å²) in [6.45, 7) is 10.9. The average molecular weight is 540 g/mol. The molecule has 9 heteroatoms. The Kier molecular flexibility index (Phi) is 9.47. The fourth-order valence-corrected chi connectivity index (χ4v) is 6.28. The van der Waals surface area contributed by atoms with Gasteiger partial charge in [0.15, 0.2) is 0 Å². The number of esters is 1. The van der Waals surface area contributed by atoms with E-state index in [-0.39, 0.29) is 29.8 Å². The predicted molar refractivity (Wildman–Crippen MR) is 143 cm³/mol. The van der Waals surface area contributed by atoms with Crippen LogP contribution in [0.3, 0.4) is 0 Å². The third-order valence-electron chi connectivity index (χ3n) is 7.97. The number of epoxide rings is 1. The van der Waals surface area contributed by atoms with Gasteiger partial charge in [-0.15, -0.1) is 11.3 Å². The third kappa shape index (κ3) is 6.78. The molecular formula is C27H41NO6S2. The summed E-state index contributed by atoms with van der Waals surface area (Å²) in [6.07, 6.45) is 3.94. The molecule has 2 N–H and O–H groups in total. The van der Waals surface area contributed by atoms with Crippen molar-refractivity contribution in [3.05, 3.63) is 16.6 Å². The molecule has 3 rings (SSSR count). The lowest BCUT2D eigenvalue weighted by molar-refractivity contribution is -0.154. The van der Waals surface area contributed by atoms with E-state index in [0.717, 1.165) is 34.9 Å². The number of ether oxygens (including phenoxy) is 2. The molecule has 2 fully saturated rings. The van der Waals surface area contributed by atoms with Gasteiger partial charge in [0.2, 0.25) is 0 Å². The van der Waals surface area contributed by atoms with E-state index in [1.165, 1.54) is 0 Å². The number of aliphatic hydroxyl groups is 2. The van der Waals surface area contributed by atoms with Crippen LogP contribution in [0.2, 0.25) is 0 Å². The summed E-state index contributed by atoms with van der Waals surface area (Å²) in [5.41, 5.74) is 0.166. The second-order valence-electron chi connectivity index (χ2n) is 11.2. The Morgan fingerprint density at radius 1 is 1.25 bits per heavy atom. The molecular weight excluding hydrogens is 498 g/mol. The maximum atomic E-state index is 13.2. The zero-order valence-electron chi connectivity index (χ0n) is 22.4. The largest absolute Gasteiger partial charge is 0.458 e. The van der Waals surface area contributed by atoms with Crippen LogP contribution in [0.1, 0.15) is 79.3 Å². The second kappa shape index (κ2) is 11.6. The number of hydrogen-bond acceptors (Lipinski definition) is 9. The molecule has 0 aliphatic carbocycles. The SMILES string of the molecule is CSc1nc(C=C(C)[C@@H]2C[C@@H]3O[C@]3(C)CCCC(C)[C@H](O)C(C)C(=O)C(C)(C)C(O)CC(=O)O2)cs1. The standard InChI is InChI=1S/C27H41NO6S2/c1-15-9-8-10-27(6)21(34-27)12-19(16(2)11-18-14-36-25(28-18)35-7)33-22(30)13-20(29)26(4,5)24(32)17(3)23(15)31/h11,14-15,17,19-21,23,29,31H,8-10,12-13H2,1-7H3/t15?,17?,19-,20?,21-,23-,27+/m0/s1. The number of Topliss-reactive ketones (excluding diaryl/α,β-unsaturated/α-hetero) is 1. The van der Waals surface area contributed by atoms with E-state index >= 15 is 0 Å². The summed E-state index contributed by atoms with van der Waals surface area (Å²) >= 11 is 3.15. The van der Waals surface area contributed by atoms with Crippen LogP contribution in [0, 0.1) is 17.3 Å². The number of hydrogen-bond donors (Lipinski definition) is 2. The van der Waals surface area contributed by atoms with Crippen LogP contribution in [0.15, 0.2) is 15.3 Å². The van der Waals surface area contributed by atoms with Gasteiger partial charge in [0.05, 0.1) is 41.4 Å². The molecule has 0 saturated carbocycles.